The monoisotopic (exact) mass is 462 g/mol. The minimum absolute atomic E-state index is 0. The summed E-state index contributed by atoms with van der Waals surface area (Å²) in [5, 5.41) is 21.3. The van der Waals surface area contributed by atoms with Crippen molar-refractivity contribution in [1.29, 1.82) is 0 Å². The van der Waals surface area contributed by atoms with E-state index in [1.165, 1.54) is 22.7 Å². The number of hydrogen-bond acceptors (Lipinski definition) is 6. The first kappa shape index (κ1) is 23.7. The first-order chi connectivity index (χ1) is 13.5. The molecule has 0 aliphatic carbocycles. The van der Waals surface area contributed by atoms with E-state index in [-0.39, 0.29) is 33.2 Å². The summed E-state index contributed by atoms with van der Waals surface area (Å²) >= 11 is 12.0. The molecule has 0 atom stereocenters. The van der Waals surface area contributed by atoms with E-state index in [9.17, 15) is 10.2 Å². The second-order valence-corrected chi connectivity index (χ2v) is 8.54. The fourth-order valence-corrected chi connectivity index (χ4v) is 4.49. The Morgan fingerprint density at radius 1 is 0.552 bits per heavy atom. The summed E-state index contributed by atoms with van der Waals surface area (Å²) in [6.45, 7) is 0. The van der Waals surface area contributed by atoms with E-state index in [2.05, 4.69) is 24.4 Å². The standard InChI is InChI=1S/2C11H8OS2.Mg/c2*12-11(13)10-7-6-9(14-10)8-4-2-1-3-5-8;/h2*1-7H,(H,12,13);/q;;+2/p-2. The summed E-state index contributed by atoms with van der Waals surface area (Å²) in [6.07, 6.45) is 0. The molecular formula is C22H14MgO2S4. The molecule has 140 valence electrons. The van der Waals surface area contributed by atoms with Crippen molar-refractivity contribution in [2.45, 2.75) is 0 Å². The molecule has 29 heavy (non-hydrogen) atoms. The third-order valence-electron chi connectivity index (χ3n) is 3.73. The van der Waals surface area contributed by atoms with Gasteiger partial charge in [0.2, 0.25) is 0 Å². The number of thiocarbonyl (C=S) groups is 2. The van der Waals surface area contributed by atoms with E-state index in [4.69, 9.17) is 0 Å². The SMILES string of the molecule is [Mg+2].[O-]C(=S)c1ccc(-c2ccccc2)s1.[O-]C(=S)c1ccc(-c2ccccc2)s1. The predicted octanol–water partition coefficient (Wildman–Crippen LogP) is 4.52. The van der Waals surface area contributed by atoms with E-state index >= 15 is 0 Å². The zero-order valence-corrected chi connectivity index (χ0v) is 19.9. The van der Waals surface area contributed by atoms with Gasteiger partial charge in [0.1, 0.15) is 0 Å². The molecule has 7 heteroatoms. The predicted molar refractivity (Wildman–Crippen MR) is 129 cm³/mol. The van der Waals surface area contributed by atoms with Gasteiger partial charge in [0.25, 0.3) is 0 Å². The summed E-state index contributed by atoms with van der Waals surface area (Å²) in [5.41, 5.74) is 2.25. The number of rotatable bonds is 4. The molecule has 4 aromatic rings. The van der Waals surface area contributed by atoms with Crippen molar-refractivity contribution >= 4 is 80.3 Å². The quantitative estimate of drug-likeness (QED) is 0.330. The average molecular weight is 463 g/mol. The molecule has 2 nitrogen and oxygen atoms in total. The number of benzene rings is 2. The summed E-state index contributed by atoms with van der Waals surface area (Å²) in [4.78, 5) is 3.44. The van der Waals surface area contributed by atoms with Gasteiger partial charge in [-0.25, -0.2) is 0 Å². The van der Waals surface area contributed by atoms with Crippen LogP contribution < -0.4 is 10.2 Å². The van der Waals surface area contributed by atoms with Crippen LogP contribution in [0.1, 0.15) is 9.75 Å². The van der Waals surface area contributed by atoms with Crippen LogP contribution in [0.3, 0.4) is 0 Å². The van der Waals surface area contributed by atoms with Crippen LogP contribution in [0.5, 0.6) is 0 Å². The third kappa shape index (κ3) is 6.70. The van der Waals surface area contributed by atoms with Gasteiger partial charge in [0.05, 0.1) is 0 Å². The van der Waals surface area contributed by atoms with Crippen LogP contribution in [0, 0.1) is 0 Å². The first-order valence-electron chi connectivity index (χ1n) is 8.28. The topological polar surface area (TPSA) is 46.1 Å². The molecule has 0 spiro atoms. The van der Waals surface area contributed by atoms with Crippen LogP contribution in [0.25, 0.3) is 20.9 Å². The van der Waals surface area contributed by atoms with E-state index in [1.807, 2.05) is 72.8 Å². The largest absolute Gasteiger partial charge is 2.00 e. The van der Waals surface area contributed by atoms with E-state index in [0.717, 1.165) is 20.9 Å². The summed E-state index contributed by atoms with van der Waals surface area (Å²) in [5.74, 6) is 0. The Balaban J connectivity index is 0.000000200. The summed E-state index contributed by atoms with van der Waals surface area (Å²) < 4.78 is 0. The Morgan fingerprint density at radius 3 is 1.17 bits per heavy atom. The van der Waals surface area contributed by atoms with Crippen LogP contribution in [0.15, 0.2) is 84.9 Å². The number of hydrogen-bond donors (Lipinski definition) is 0. The molecule has 0 unspecified atom stereocenters. The molecule has 0 saturated heterocycles. The van der Waals surface area contributed by atoms with E-state index in [1.54, 1.807) is 12.1 Å². The Hall–Kier alpha value is -1.61. The molecule has 0 saturated carbocycles. The molecule has 0 radical (unpaired) electrons. The van der Waals surface area contributed by atoms with Crippen LogP contribution in [-0.4, -0.2) is 33.2 Å². The van der Waals surface area contributed by atoms with Crippen molar-refractivity contribution in [3.63, 3.8) is 0 Å². The third-order valence-corrected chi connectivity index (χ3v) is 6.70. The van der Waals surface area contributed by atoms with Gasteiger partial charge in [-0.05, 0) is 45.5 Å². The van der Waals surface area contributed by atoms with Gasteiger partial charge in [-0.1, -0.05) is 85.1 Å². The van der Waals surface area contributed by atoms with Crippen molar-refractivity contribution < 1.29 is 10.2 Å². The van der Waals surface area contributed by atoms with Crippen molar-refractivity contribution in [2.75, 3.05) is 0 Å². The van der Waals surface area contributed by atoms with Gasteiger partial charge in [-0.15, -0.1) is 22.7 Å². The molecule has 2 heterocycles. The fraction of sp³-hybridized carbons (Fsp3) is 0. The smallest absolute Gasteiger partial charge is 0.863 e. The number of thiophene rings is 2. The molecule has 0 amide bonds. The van der Waals surface area contributed by atoms with Crippen molar-refractivity contribution in [1.82, 2.24) is 0 Å². The molecule has 2 aromatic carbocycles. The maximum Gasteiger partial charge on any atom is 2.00 e. The Morgan fingerprint density at radius 2 is 0.897 bits per heavy atom. The van der Waals surface area contributed by atoms with Gasteiger partial charge in [-0.2, -0.15) is 0 Å². The molecular weight excluding hydrogens is 449 g/mol. The van der Waals surface area contributed by atoms with Crippen molar-refractivity contribution in [3.8, 4) is 20.9 Å². The van der Waals surface area contributed by atoms with Gasteiger partial charge >= 0.3 is 23.1 Å². The zero-order valence-electron chi connectivity index (χ0n) is 15.2. The second-order valence-electron chi connectivity index (χ2n) is 5.63. The minimum atomic E-state index is -0.280. The molecule has 2 aromatic heterocycles. The molecule has 4 rings (SSSR count). The Kier molecular flexibility index (Phi) is 9.42. The summed E-state index contributed by atoms with van der Waals surface area (Å²) in [7, 11) is 0. The Labute approximate surface area is 204 Å². The molecule has 0 bridgehead atoms. The zero-order chi connectivity index (χ0) is 19.9. The maximum absolute atomic E-state index is 10.9. The van der Waals surface area contributed by atoms with Crippen LogP contribution >= 0.6 is 47.1 Å². The van der Waals surface area contributed by atoms with Crippen molar-refractivity contribution in [2.24, 2.45) is 0 Å². The normalized spacial score (nSPS) is 9.66. The van der Waals surface area contributed by atoms with Crippen LogP contribution in [0.2, 0.25) is 0 Å². The Bertz CT molecular complexity index is 985. The van der Waals surface area contributed by atoms with Gasteiger partial charge in [0.15, 0.2) is 0 Å². The minimum Gasteiger partial charge on any atom is -0.863 e. The van der Waals surface area contributed by atoms with E-state index < -0.39 is 0 Å². The van der Waals surface area contributed by atoms with E-state index in [0.29, 0.717) is 9.75 Å². The molecule has 0 aliphatic heterocycles. The molecule has 0 N–H and O–H groups in total. The maximum atomic E-state index is 10.9. The average Bonchev–Trinajstić information content (AvgIpc) is 3.40. The fourth-order valence-electron chi connectivity index (χ4n) is 2.41. The molecule has 0 fully saturated rings. The van der Waals surface area contributed by atoms with Crippen molar-refractivity contribution in [3.05, 3.63) is 94.7 Å². The van der Waals surface area contributed by atoms with Gasteiger partial charge in [0, 0.05) is 19.5 Å². The molecule has 0 aliphatic rings. The van der Waals surface area contributed by atoms with Crippen LogP contribution in [0.4, 0.5) is 0 Å². The van der Waals surface area contributed by atoms with Crippen LogP contribution in [-0.2, 0) is 0 Å². The van der Waals surface area contributed by atoms with Gasteiger partial charge in [-0.3, -0.25) is 0 Å². The van der Waals surface area contributed by atoms with Gasteiger partial charge < -0.3 is 10.2 Å². The second kappa shape index (κ2) is 11.5. The summed E-state index contributed by atoms with van der Waals surface area (Å²) in [6, 6.07) is 27.3. The first-order valence-corrected chi connectivity index (χ1v) is 10.7.